The van der Waals surface area contributed by atoms with Crippen molar-refractivity contribution in [2.45, 2.75) is 38.1 Å². The van der Waals surface area contributed by atoms with Crippen LogP contribution in [-0.4, -0.2) is 27.3 Å². The van der Waals surface area contributed by atoms with E-state index in [1.807, 2.05) is 24.2 Å². The second-order valence-corrected chi connectivity index (χ2v) is 6.62. The number of nitrogens with one attached hydrogen (secondary N) is 1. The largest absolute Gasteiger partial charge is 0.322 e. The maximum Gasteiger partial charge on any atom is 0.322 e. The molecular weight excluding hydrogens is 288 g/mol. The number of amides is 2. The number of aryl methyl sites for hydroxylation is 1. The number of hydrogen-bond donors (Lipinski definition) is 1. The highest BCUT2D eigenvalue weighted by Gasteiger charge is 2.32. The van der Waals surface area contributed by atoms with Gasteiger partial charge in [0.2, 0.25) is 0 Å². The molecule has 0 saturated heterocycles. The number of rotatable bonds is 2. The number of nitrogens with zero attached hydrogens (tertiary/aromatic N) is 3. The Morgan fingerprint density at radius 3 is 2.87 bits per heavy atom. The van der Waals surface area contributed by atoms with Crippen molar-refractivity contribution in [2.75, 3.05) is 11.9 Å². The molecule has 2 amide bonds. The number of hydrogen-bond acceptors (Lipinski definition) is 2. The highest BCUT2D eigenvalue weighted by molar-refractivity contribution is 5.90. The second-order valence-electron chi connectivity index (χ2n) is 6.62. The van der Waals surface area contributed by atoms with E-state index in [-0.39, 0.29) is 12.1 Å². The van der Waals surface area contributed by atoms with Gasteiger partial charge in [-0.25, -0.2) is 4.79 Å². The van der Waals surface area contributed by atoms with Crippen molar-refractivity contribution >= 4 is 11.7 Å². The van der Waals surface area contributed by atoms with Crippen LogP contribution in [0.3, 0.4) is 0 Å². The molecule has 1 aliphatic carbocycles. The maximum atomic E-state index is 12.8. The van der Waals surface area contributed by atoms with Gasteiger partial charge < -0.3 is 10.2 Å². The lowest BCUT2D eigenvalue weighted by Gasteiger charge is -2.35. The van der Waals surface area contributed by atoms with Crippen molar-refractivity contribution < 1.29 is 4.79 Å². The van der Waals surface area contributed by atoms with Gasteiger partial charge in [-0.3, -0.25) is 4.68 Å². The summed E-state index contributed by atoms with van der Waals surface area (Å²) >= 11 is 0. The van der Waals surface area contributed by atoms with E-state index in [1.165, 1.54) is 24.0 Å². The average molecular weight is 310 g/mol. The van der Waals surface area contributed by atoms with Crippen molar-refractivity contribution in [2.24, 2.45) is 7.05 Å². The van der Waals surface area contributed by atoms with Gasteiger partial charge in [-0.15, -0.1) is 0 Å². The molecule has 0 radical (unpaired) electrons. The molecular formula is C18H22N4O. The molecule has 1 aromatic heterocycles. The van der Waals surface area contributed by atoms with Gasteiger partial charge in [-0.2, -0.15) is 5.10 Å². The van der Waals surface area contributed by atoms with Crippen molar-refractivity contribution in [1.29, 1.82) is 0 Å². The standard InChI is InChI=1S/C18H22N4O/c1-12-15-6-4-3-5-13(15)9-10-22(12)18(23)19-16-11-21(2)20-17(16)14-7-8-14/h3-6,11-12,14H,7-10H2,1-2H3,(H,19,23)/t12-/m0/s1. The monoisotopic (exact) mass is 310 g/mol. The Hall–Kier alpha value is -2.30. The molecule has 0 bridgehead atoms. The number of benzene rings is 1. The third-order valence-electron chi connectivity index (χ3n) is 4.92. The molecule has 1 atom stereocenters. The summed E-state index contributed by atoms with van der Waals surface area (Å²) in [6, 6.07) is 8.47. The molecule has 0 spiro atoms. The van der Waals surface area contributed by atoms with Crippen LogP contribution in [0.1, 0.15) is 48.5 Å². The number of aromatic nitrogens is 2. The van der Waals surface area contributed by atoms with Crippen LogP contribution in [0.2, 0.25) is 0 Å². The molecule has 5 nitrogen and oxygen atoms in total. The van der Waals surface area contributed by atoms with Gasteiger partial charge in [0.25, 0.3) is 0 Å². The van der Waals surface area contributed by atoms with Gasteiger partial charge in [0.05, 0.1) is 17.4 Å². The molecule has 120 valence electrons. The SMILES string of the molecule is C[C@H]1c2ccccc2CCN1C(=O)Nc1cn(C)nc1C1CC1. The van der Waals surface area contributed by atoms with Crippen LogP contribution in [0.5, 0.6) is 0 Å². The molecule has 1 aliphatic heterocycles. The minimum absolute atomic E-state index is 0.0260. The topological polar surface area (TPSA) is 50.2 Å². The van der Waals surface area contributed by atoms with Crippen molar-refractivity contribution in [3.8, 4) is 0 Å². The Morgan fingerprint density at radius 2 is 2.09 bits per heavy atom. The van der Waals surface area contributed by atoms with Crippen LogP contribution >= 0.6 is 0 Å². The molecule has 1 saturated carbocycles. The molecule has 2 aliphatic rings. The predicted octanol–water partition coefficient (Wildman–Crippen LogP) is 3.45. The van der Waals surface area contributed by atoms with Crippen molar-refractivity contribution in [1.82, 2.24) is 14.7 Å². The van der Waals surface area contributed by atoms with Crippen LogP contribution in [-0.2, 0) is 13.5 Å². The Kier molecular flexibility index (Phi) is 3.36. The van der Waals surface area contributed by atoms with E-state index in [1.54, 1.807) is 4.68 Å². The number of carbonyl (C=O) groups is 1. The van der Waals surface area contributed by atoms with Crippen LogP contribution < -0.4 is 5.32 Å². The van der Waals surface area contributed by atoms with E-state index in [0.717, 1.165) is 24.3 Å². The van der Waals surface area contributed by atoms with Crippen LogP contribution in [0.15, 0.2) is 30.5 Å². The normalized spacial score (nSPS) is 20.3. The first-order valence-corrected chi connectivity index (χ1v) is 8.32. The van der Waals surface area contributed by atoms with E-state index >= 15 is 0 Å². The zero-order chi connectivity index (χ0) is 16.0. The summed E-state index contributed by atoms with van der Waals surface area (Å²) < 4.78 is 1.79. The summed E-state index contributed by atoms with van der Waals surface area (Å²) in [6.07, 6.45) is 5.17. The minimum Gasteiger partial charge on any atom is -0.317 e. The molecule has 2 aromatic rings. The van der Waals surface area contributed by atoms with Gasteiger partial charge in [0.15, 0.2) is 0 Å². The van der Waals surface area contributed by atoms with E-state index in [4.69, 9.17) is 0 Å². The van der Waals surface area contributed by atoms with Gasteiger partial charge in [-0.1, -0.05) is 24.3 Å². The van der Waals surface area contributed by atoms with Crippen LogP contribution in [0, 0.1) is 0 Å². The first-order valence-electron chi connectivity index (χ1n) is 8.32. The highest BCUT2D eigenvalue weighted by Crippen LogP contribution is 2.42. The smallest absolute Gasteiger partial charge is 0.317 e. The average Bonchev–Trinajstić information content (AvgIpc) is 3.32. The summed E-state index contributed by atoms with van der Waals surface area (Å²) in [4.78, 5) is 14.7. The summed E-state index contributed by atoms with van der Waals surface area (Å²) in [5.74, 6) is 0.519. The van der Waals surface area contributed by atoms with Gasteiger partial charge in [0, 0.05) is 25.7 Å². The first kappa shape index (κ1) is 14.3. The van der Waals surface area contributed by atoms with E-state index in [2.05, 4.69) is 35.5 Å². The number of urea groups is 1. The van der Waals surface area contributed by atoms with E-state index in [9.17, 15) is 4.79 Å². The molecule has 1 fully saturated rings. The lowest BCUT2D eigenvalue weighted by molar-refractivity contribution is 0.188. The first-order chi connectivity index (χ1) is 11.1. The Morgan fingerprint density at radius 1 is 1.30 bits per heavy atom. The minimum atomic E-state index is -0.0260. The van der Waals surface area contributed by atoms with Crippen molar-refractivity contribution in [3.05, 3.63) is 47.3 Å². The fourth-order valence-corrected chi connectivity index (χ4v) is 3.50. The predicted molar refractivity (Wildman–Crippen MR) is 89.5 cm³/mol. The van der Waals surface area contributed by atoms with Crippen LogP contribution in [0.25, 0.3) is 0 Å². The summed E-state index contributed by atoms with van der Waals surface area (Å²) in [5.41, 5.74) is 4.50. The molecule has 4 rings (SSSR count). The zero-order valence-corrected chi connectivity index (χ0v) is 13.6. The molecule has 1 aromatic carbocycles. The second kappa shape index (κ2) is 5.41. The van der Waals surface area contributed by atoms with E-state index in [0.29, 0.717) is 5.92 Å². The fourth-order valence-electron chi connectivity index (χ4n) is 3.50. The molecule has 2 heterocycles. The molecule has 0 unspecified atom stereocenters. The summed E-state index contributed by atoms with van der Waals surface area (Å²) in [5, 5.41) is 7.60. The highest BCUT2D eigenvalue weighted by atomic mass is 16.2. The zero-order valence-electron chi connectivity index (χ0n) is 13.6. The number of carbonyl (C=O) groups excluding carboxylic acids is 1. The van der Waals surface area contributed by atoms with Crippen molar-refractivity contribution in [3.63, 3.8) is 0 Å². The summed E-state index contributed by atoms with van der Waals surface area (Å²) in [7, 11) is 1.90. The lowest BCUT2D eigenvalue weighted by Crippen LogP contribution is -2.41. The number of anilines is 1. The molecule has 1 N–H and O–H groups in total. The fraction of sp³-hybridized carbons (Fsp3) is 0.444. The maximum absolute atomic E-state index is 12.8. The van der Waals surface area contributed by atoms with Crippen LogP contribution in [0.4, 0.5) is 10.5 Å². The molecule has 5 heteroatoms. The lowest BCUT2D eigenvalue weighted by atomic mass is 9.94. The number of fused-ring (bicyclic) bond motifs is 1. The van der Waals surface area contributed by atoms with E-state index < -0.39 is 0 Å². The quantitative estimate of drug-likeness (QED) is 0.923. The Bertz CT molecular complexity index is 747. The Balaban J connectivity index is 1.54. The third kappa shape index (κ3) is 2.60. The van der Waals surface area contributed by atoms with Gasteiger partial charge in [-0.05, 0) is 37.3 Å². The van der Waals surface area contributed by atoms with Gasteiger partial charge in [0.1, 0.15) is 0 Å². The Labute approximate surface area is 136 Å². The molecule has 23 heavy (non-hydrogen) atoms. The summed E-state index contributed by atoms with van der Waals surface area (Å²) in [6.45, 7) is 2.85. The third-order valence-corrected chi connectivity index (χ3v) is 4.92. The van der Waals surface area contributed by atoms with Gasteiger partial charge >= 0.3 is 6.03 Å².